The normalized spacial score (nSPS) is 20.1. The SMILES string of the molecule is O=C(CCc1ccsc1)CCC1CCNC1. The molecule has 1 atom stereocenters. The van der Waals surface area contributed by atoms with Crippen molar-refractivity contribution < 1.29 is 4.79 Å². The molecule has 0 bridgehead atoms. The maximum atomic E-state index is 11.7. The van der Waals surface area contributed by atoms with Gasteiger partial charge in [0.2, 0.25) is 0 Å². The van der Waals surface area contributed by atoms with Crippen molar-refractivity contribution in [1.29, 1.82) is 0 Å². The van der Waals surface area contributed by atoms with Gasteiger partial charge in [0.1, 0.15) is 5.78 Å². The Labute approximate surface area is 101 Å². The molecule has 16 heavy (non-hydrogen) atoms. The van der Waals surface area contributed by atoms with E-state index in [1.165, 1.54) is 12.0 Å². The molecule has 1 unspecified atom stereocenters. The van der Waals surface area contributed by atoms with Gasteiger partial charge in [0.25, 0.3) is 0 Å². The minimum Gasteiger partial charge on any atom is -0.316 e. The molecule has 0 spiro atoms. The van der Waals surface area contributed by atoms with Crippen LogP contribution < -0.4 is 5.32 Å². The van der Waals surface area contributed by atoms with Gasteiger partial charge in [-0.25, -0.2) is 0 Å². The summed E-state index contributed by atoms with van der Waals surface area (Å²) >= 11 is 1.71. The molecule has 1 aliphatic heterocycles. The molecule has 1 aromatic heterocycles. The predicted molar refractivity (Wildman–Crippen MR) is 67.9 cm³/mol. The summed E-state index contributed by atoms with van der Waals surface area (Å²) in [6.45, 7) is 2.24. The molecule has 0 aromatic carbocycles. The number of carbonyl (C=O) groups excluding carboxylic acids is 1. The van der Waals surface area contributed by atoms with Crippen LogP contribution in [0.5, 0.6) is 0 Å². The molecule has 0 amide bonds. The molecular formula is C13H19NOS. The number of hydrogen-bond acceptors (Lipinski definition) is 3. The minimum absolute atomic E-state index is 0.429. The minimum atomic E-state index is 0.429. The average molecular weight is 237 g/mol. The fourth-order valence-electron chi connectivity index (χ4n) is 2.17. The second kappa shape index (κ2) is 6.16. The van der Waals surface area contributed by atoms with E-state index >= 15 is 0 Å². The average Bonchev–Trinajstić information content (AvgIpc) is 2.96. The van der Waals surface area contributed by atoms with Gasteiger partial charge in [-0.3, -0.25) is 4.79 Å². The van der Waals surface area contributed by atoms with Crippen molar-refractivity contribution in [2.45, 2.75) is 32.1 Å². The van der Waals surface area contributed by atoms with E-state index in [-0.39, 0.29) is 0 Å². The molecular weight excluding hydrogens is 218 g/mol. The number of Topliss-reactive ketones (excluding diaryl/α,β-unsaturated/α-hetero) is 1. The maximum Gasteiger partial charge on any atom is 0.133 e. The number of aryl methyl sites for hydroxylation is 1. The number of thiophene rings is 1. The lowest BCUT2D eigenvalue weighted by Crippen LogP contribution is -2.10. The van der Waals surface area contributed by atoms with Crippen LogP contribution in [0, 0.1) is 5.92 Å². The van der Waals surface area contributed by atoms with Crippen molar-refractivity contribution in [2.75, 3.05) is 13.1 Å². The molecule has 0 radical (unpaired) electrons. The highest BCUT2D eigenvalue weighted by atomic mass is 32.1. The lowest BCUT2D eigenvalue weighted by Gasteiger charge is -2.06. The smallest absolute Gasteiger partial charge is 0.133 e. The van der Waals surface area contributed by atoms with Crippen molar-refractivity contribution in [3.63, 3.8) is 0 Å². The van der Waals surface area contributed by atoms with Crippen LogP contribution in [0.3, 0.4) is 0 Å². The third-order valence-electron chi connectivity index (χ3n) is 3.27. The highest BCUT2D eigenvalue weighted by molar-refractivity contribution is 7.07. The molecule has 1 saturated heterocycles. The van der Waals surface area contributed by atoms with E-state index in [4.69, 9.17) is 0 Å². The second-order valence-corrected chi connectivity index (χ2v) is 5.35. The van der Waals surface area contributed by atoms with Crippen LogP contribution in [-0.2, 0) is 11.2 Å². The first-order chi connectivity index (χ1) is 7.84. The second-order valence-electron chi connectivity index (χ2n) is 4.57. The van der Waals surface area contributed by atoms with Gasteiger partial charge in [-0.1, -0.05) is 0 Å². The Hall–Kier alpha value is -0.670. The van der Waals surface area contributed by atoms with E-state index < -0.39 is 0 Å². The highest BCUT2D eigenvalue weighted by Gasteiger charge is 2.15. The van der Waals surface area contributed by atoms with Crippen LogP contribution in [-0.4, -0.2) is 18.9 Å². The van der Waals surface area contributed by atoms with Crippen LogP contribution >= 0.6 is 11.3 Å². The Balaban J connectivity index is 1.60. The molecule has 2 rings (SSSR count). The Bertz CT molecular complexity index is 315. The summed E-state index contributed by atoms with van der Waals surface area (Å²) in [5.41, 5.74) is 1.31. The number of carbonyl (C=O) groups is 1. The third kappa shape index (κ3) is 3.72. The van der Waals surface area contributed by atoms with E-state index in [0.717, 1.165) is 44.7 Å². The summed E-state index contributed by atoms with van der Waals surface area (Å²) in [6, 6.07) is 2.11. The molecule has 3 heteroatoms. The Morgan fingerprint density at radius 1 is 1.50 bits per heavy atom. The molecule has 1 aromatic rings. The quantitative estimate of drug-likeness (QED) is 0.824. The van der Waals surface area contributed by atoms with Crippen LogP contribution in [0.25, 0.3) is 0 Å². The topological polar surface area (TPSA) is 29.1 Å². The summed E-state index contributed by atoms with van der Waals surface area (Å²) < 4.78 is 0. The predicted octanol–water partition coefficient (Wildman–Crippen LogP) is 2.64. The van der Waals surface area contributed by atoms with Gasteiger partial charge in [0.15, 0.2) is 0 Å². The summed E-state index contributed by atoms with van der Waals surface area (Å²) in [5.74, 6) is 1.17. The summed E-state index contributed by atoms with van der Waals surface area (Å²) in [7, 11) is 0. The van der Waals surface area contributed by atoms with Crippen molar-refractivity contribution in [3.8, 4) is 0 Å². The van der Waals surface area contributed by atoms with Crippen molar-refractivity contribution in [2.24, 2.45) is 5.92 Å². The fraction of sp³-hybridized carbons (Fsp3) is 0.615. The number of rotatable bonds is 6. The summed E-state index contributed by atoms with van der Waals surface area (Å²) in [5, 5.41) is 7.55. The van der Waals surface area contributed by atoms with Gasteiger partial charge in [0, 0.05) is 12.8 Å². The van der Waals surface area contributed by atoms with Crippen molar-refractivity contribution in [3.05, 3.63) is 22.4 Å². The molecule has 2 nitrogen and oxygen atoms in total. The monoisotopic (exact) mass is 237 g/mol. The van der Waals surface area contributed by atoms with E-state index in [0.29, 0.717) is 5.78 Å². The van der Waals surface area contributed by atoms with Gasteiger partial charge in [0.05, 0.1) is 0 Å². The molecule has 1 aliphatic rings. The van der Waals surface area contributed by atoms with E-state index in [9.17, 15) is 4.79 Å². The van der Waals surface area contributed by atoms with E-state index in [1.54, 1.807) is 11.3 Å². The zero-order valence-corrected chi connectivity index (χ0v) is 10.4. The van der Waals surface area contributed by atoms with Gasteiger partial charge < -0.3 is 5.32 Å². The van der Waals surface area contributed by atoms with E-state index in [1.807, 2.05) is 0 Å². The molecule has 0 saturated carbocycles. The molecule has 88 valence electrons. The Morgan fingerprint density at radius 3 is 3.12 bits per heavy atom. The Morgan fingerprint density at radius 2 is 2.44 bits per heavy atom. The lowest BCUT2D eigenvalue weighted by molar-refractivity contribution is -0.119. The lowest BCUT2D eigenvalue weighted by atomic mass is 9.99. The molecule has 2 heterocycles. The Kier molecular flexibility index (Phi) is 4.55. The first-order valence-electron chi connectivity index (χ1n) is 6.08. The summed E-state index contributed by atoms with van der Waals surface area (Å²) in [4.78, 5) is 11.7. The van der Waals surface area contributed by atoms with Crippen LogP contribution in [0.1, 0.15) is 31.2 Å². The van der Waals surface area contributed by atoms with Gasteiger partial charge in [-0.05, 0) is 60.7 Å². The fourth-order valence-corrected chi connectivity index (χ4v) is 2.87. The van der Waals surface area contributed by atoms with Crippen LogP contribution in [0.2, 0.25) is 0 Å². The maximum absolute atomic E-state index is 11.7. The highest BCUT2D eigenvalue weighted by Crippen LogP contribution is 2.16. The third-order valence-corrected chi connectivity index (χ3v) is 4.00. The first kappa shape index (κ1) is 11.8. The van der Waals surface area contributed by atoms with Crippen molar-refractivity contribution in [1.82, 2.24) is 5.32 Å². The van der Waals surface area contributed by atoms with Crippen LogP contribution in [0.4, 0.5) is 0 Å². The zero-order chi connectivity index (χ0) is 11.2. The van der Waals surface area contributed by atoms with Crippen molar-refractivity contribution >= 4 is 17.1 Å². The molecule has 0 aliphatic carbocycles. The first-order valence-corrected chi connectivity index (χ1v) is 7.02. The van der Waals surface area contributed by atoms with Crippen LogP contribution in [0.15, 0.2) is 16.8 Å². The largest absolute Gasteiger partial charge is 0.316 e. The zero-order valence-electron chi connectivity index (χ0n) is 9.58. The van der Waals surface area contributed by atoms with E-state index in [2.05, 4.69) is 22.1 Å². The van der Waals surface area contributed by atoms with Gasteiger partial charge in [-0.15, -0.1) is 0 Å². The standard InChI is InChI=1S/C13H19NOS/c15-13(3-1-11-5-7-14-9-11)4-2-12-6-8-16-10-12/h6,8,10-11,14H,1-5,7,9H2. The number of ketones is 1. The number of nitrogens with one attached hydrogen (secondary N) is 1. The van der Waals surface area contributed by atoms with Gasteiger partial charge >= 0.3 is 0 Å². The summed E-state index contributed by atoms with van der Waals surface area (Å²) in [6.07, 6.45) is 4.74. The molecule has 1 fully saturated rings. The number of hydrogen-bond donors (Lipinski definition) is 1. The van der Waals surface area contributed by atoms with Gasteiger partial charge in [-0.2, -0.15) is 11.3 Å². The molecule has 1 N–H and O–H groups in total.